The van der Waals surface area contributed by atoms with Crippen molar-refractivity contribution >= 4 is 28.2 Å². The molecule has 0 bridgehead atoms. The Labute approximate surface area is 175 Å². The number of carbonyl (C=O) groups is 1. The molecule has 2 aromatic carbocycles. The number of ether oxygens (including phenoxy) is 1. The number of carboxylic acids is 1. The van der Waals surface area contributed by atoms with Crippen molar-refractivity contribution in [2.75, 3.05) is 16.8 Å². The zero-order valence-corrected chi connectivity index (χ0v) is 17.2. The first-order valence-corrected chi connectivity index (χ1v) is 10.6. The monoisotopic (exact) mass is 403 g/mol. The first kappa shape index (κ1) is 17.7. The fraction of sp³-hybridized carbons (Fsp3) is 0.375. The molecule has 6 nitrogen and oxygen atoms in total. The molecule has 1 saturated carbocycles. The van der Waals surface area contributed by atoms with Gasteiger partial charge < -0.3 is 24.6 Å². The first-order chi connectivity index (χ1) is 14.4. The molecule has 0 radical (unpaired) electrons. The quantitative estimate of drug-likeness (QED) is 0.652. The lowest BCUT2D eigenvalue weighted by Gasteiger charge is -2.44. The molecule has 2 N–H and O–H groups in total. The van der Waals surface area contributed by atoms with E-state index in [-0.39, 0.29) is 17.3 Å². The van der Waals surface area contributed by atoms with Crippen LogP contribution in [-0.4, -0.2) is 27.8 Å². The highest BCUT2D eigenvalue weighted by Crippen LogP contribution is 2.54. The van der Waals surface area contributed by atoms with E-state index < -0.39 is 5.97 Å². The van der Waals surface area contributed by atoms with Gasteiger partial charge in [-0.3, -0.25) is 0 Å². The number of benzene rings is 2. The Hall–Kier alpha value is -3.15. The van der Waals surface area contributed by atoms with Crippen molar-refractivity contribution in [1.29, 1.82) is 0 Å². The summed E-state index contributed by atoms with van der Waals surface area (Å²) in [7, 11) is 0. The maximum Gasteiger partial charge on any atom is 0.335 e. The Kier molecular flexibility index (Phi) is 3.50. The standard InChI is InChI=1S/C24H25N3O3/c1-24(2)13-30-20-11-16(23(28)29)9-17-21(20)27(24)22(25-17)19-10-15-5-3-4-6-18(15)26(19)12-14-7-8-14/h3-6,9-11,14,22,25H,7-8,12-13H2,1-2H3,(H,28,29). The van der Waals surface area contributed by atoms with Crippen LogP contribution in [0.2, 0.25) is 0 Å². The van der Waals surface area contributed by atoms with Crippen LogP contribution in [0, 0.1) is 5.92 Å². The smallest absolute Gasteiger partial charge is 0.335 e. The van der Waals surface area contributed by atoms with E-state index in [4.69, 9.17) is 4.74 Å². The summed E-state index contributed by atoms with van der Waals surface area (Å²) >= 11 is 0. The lowest BCUT2D eigenvalue weighted by atomic mass is 9.99. The summed E-state index contributed by atoms with van der Waals surface area (Å²) in [5.74, 6) is 0.446. The van der Waals surface area contributed by atoms with E-state index in [1.54, 1.807) is 12.1 Å². The van der Waals surface area contributed by atoms with Crippen LogP contribution in [0.25, 0.3) is 10.9 Å². The molecule has 6 heteroatoms. The molecule has 1 aromatic heterocycles. The van der Waals surface area contributed by atoms with Crippen molar-refractivity contribution in [1.82, 2.24) is 4.57 Å². The van der Waals surface area contributed by atoms with Gasteiger partial charge >= 0.3 is 5.97 Å². The van der Waals surface area contributed by atoms with Crippen LogP contribution in [0.15, 0.2) is 42.5 Å². The summed E-state index contributed by atoms with van der Waals surface area (Å²) in [6.07, 6.45) is 2.51. The van der Waals surface area contributed by atoms with Crippen LogP contribution in [-0.2, 0) is 6.54 Å². The number of aromatic nitrogens is 1. The lowest BCUT2D eigenvalue weighted by molar-refractivity contribution is 0.0696. The molecule has 0 saturated heterocycles. The maximum atomic E-state index is 11.6. The second-order valence-corrected chi connectivity index (χ2v) is 9.38. The van der Waals surface area contributed by atoms with Crippen LogP contribution in [0.1, 0.15) is 48.9 Å². The summed E-state index contributed by atoms with van der Waals surface area (Å²) in [5.41, 5.74) is 4.28. The number of hydrogen-bond donors (Lipinski definition) is 2. The molecule has 30 heavy (non-hydrogen) atoms. The van der Waals surface area contributed by atoms with E-state index >= 15 is 0 Å². The Bertz CT molecular complexity index is 1190. The van der Waals surface area contributed by atoms with Gasteiger partial charge in [-0.05, 0) is 56.9 Å². The van der Waals surface area contributed by atoms with Crippen LogP contribution < -0.4 is 15.0 Å². The molecule has 3 aliphatic rings. The second kappa shape index (κ2) is 5.94. The van der Waals surface area contributed by atoms with Gasteiger partial charge in [0, 0.05) is 17.4 Å². The van der Waals surface area contributed by atoms with Gasteiger partial charge in [-0.2, -0.15) is 0 Å². The van der Waals surface area contributed by atoms with E-state index in [9.17, 15) is 9.90 Å². The molecule has 2 aliphatic heterocycles. The highest BCUT2D eigenvalue weighted by molar-refractivity contribution is 5.95. The SMILES string of the molecule is CC1(C)COc2cc(C(=O)O)cc3c2N1C(c1cc2ccccc2n1CC1CC1)N3. The van der Waals surface area contributed by atoms with Gasteiger partial charge in [0.1, 0.15) is 24.2 Å². The zero-order valence-electron chi connectivity index (χ0n) is 17.2. The predicted molar refractivity (Wildman–Crippen MR) is 116 cm³/mol. The minimum Gasteiger partial charge on any atom is -0.489 e. The van der Waals surface area contributed by atoms with Crippen LogP contribution in [0.3, 0.4) is 0 Å². The van der Waals surface area contributed by atoms with Gasteiger partial charge in [-0.1, -0.05) is 18.2 Å². The van der Waals surface area contributed by atoms with Crippen molar-refractivity contribution in [3.05, 3.63) is 53.7 Å². The maximum absolute atomic E-state index is 11.6. The van der Waals surface area contributed by atoms with E-state index in [0.717, 1.165) is 23.8 Å². The first-order valence-electron chi connectivity index (χ1n) is 10.6. The summed E-state index contributed by atoms with van der Waals surface area (Å²) in [4.78, 5) is 14.0. The predicted octanol–water partition coefficient (Wildman–Crippen LogP) is 4.85. The fourth-order valence-electron chi connectivity index (χ4n) is 4.94. The third-order valence-electron chi connectivity index (χ3n) is 6.61. The van der Waals surface area contributed by atoms with Crippen LogP contribution in [0.5, 0.6) is 5.75 Å². The number of fused-ring (bicyclic) bond motifs is 1. The molecule has 1 aliphatic carbocycles. The highest BCUT2D eigenvalue weighted by Gasteiger charge is 2.46. The van der Waals surface area contributed by atoms with E-state index in [1.165, 1.54) is 29.4 Å². The molecule has 3 heterocycles. The molecule has 154 valence electrons. The second-order valence-electron chi connectivity index (χ2n) is 9.38. The molecule has 3 aromatic rings. The van der Waals surface area contributed by atoms with Gasteiger partial charge in [0.15, 0.2) is 0 Å². The van der Waals surface area contributed by atoms with Crippen LogP contribution >= 0.6 is 0 Å². The number of anilines is 2. The summed E-state index contributed by atoms with van der Waals surface area (Å²) < 4.78 is 8.48. The van der Waals surface area contributed by atoms with E-state index in [2.05, 4.69) is 59.0 Å². The Morgan fingerprint density at radius 2 is 2.03 bits per heavy atom. The fourth-order valence-corrected chi connectivity index (χ4v) is 4.94. The average Bonchev–Trinajstić information content (AvgIpc) is 3.33. The van der Waals surface area contributed by atoms with Gasteiger partial charge in [-0.25, -0.2) is 4.79 Å². The Morgan fingerprint density at radius 3 is 2.80 bits per heavy atom. The Balaban J connectivity index is 1.54. The van der Waals surface area contributed by atoms with Crippen LogP contribution in [0.4, 0.5) is 11.4 Å². The summed E-state index contributed by atoms with van der Waals surface area (Å²) in [5, 5.41) is 14.4. The van der Waals surface area contributed by atoms with Gasteiger partial charge in [0.05, 0.1) is 22.5 Å². The number of nitrogens with one attached hydrogen (secondary N) is 1. The summed E-state index contributed by atoms with van der Waals surface area (Å²) in [6.45, 7) is 5.89. The van der Waals surface area contributed by atoms with E-state index in [0.29, 0.717) is 12.4 Å². The normalized spacial score (nSPS) is 21.3. The molecule has 0 spiro atoms. The zero-order chi connectivity index (χ0) is 20.6. The van der Waals surface area contributed by atoms with Crippen molar-refractivity contribution in [2.24, 2.45) is 5.92 Å². The molecule has 1 fully saturated rings. The highest BCUT2D eigenvalue weighted by atomic mass is 16.5. The third-order valence-corrected chi connectivity index (χ3v) is 6.61. The van der Waals surface area contributed by atoms with Crippen molar-refractivity contribution in [3.8, 4) is 5.75 Å². The molecule has 1 atom stereocenters. The molecule has 0 amide bonds. The number of aromatic carboxylic acids is 1. The number of hydrogen-bond acceptors (Lipinski definition) is 4. The lowest BCUT2D eigenvalue weighted by Crippen LogP contribution is -2.52. The number of nitrogens with zero attached hydrogens (tertiary/aromatic N) is 2. The average molecular weight is 403 g/mol. The topological polar surface area (TPSA) is 66.7 Å². The largest absolute Gasteiger partial charge is 0.489 e. The summed E-state index contributed by atoms with van der Waals surface area (Å²) in [6, 6.07) is 14.2. The Morgan fingerprint density at radius 1 is 1.23 bits per heavy atom. The minimum absolute atomic E-state index is 0.0761. The third kappa shape index (κ3) is 2.52. The van der Waals surface area contributed by atoms with Crippen molar-refractivity contribution < 1.29 is 14.6 Å². The molecular weight excluding hydrogens is 378 g/mol. The van der Waals surface area contributed by atoms with E-state index in [1.807, 2.05) is 0 Å². The molecular formula is C24H25N3O3. The van der Waals surface area contributed by atoms with Crippen molar-refractivity contribution in [3.63, 3.8) is 0 Å². The number of rotatable bonds is 4. The number of carboxylic acid groups (broad SMARTS) is 1. The molecule has 6 rings (SSSR count). The van der Waals surface area contributed by atoms with Gasteiger partial charge in [-0.15, -0.1) is 0 Å². The van der Waals surface area contributed by atoms with Crippen molar-refractivity contribution in [2.45, 2.75) is 44.9 Å². The minimum atomic E-state index is -0.942. The number of para-hydroxylation sites is 1. The van der Waals surface area contributed by atoms with Gasteiger partial charge in [0.2, 0.25) is 0 Å². The van der Waals surface area contributed by atoms with Gasteiger partial charge in [0.25, 0.3) is 0 Å². The molecule has 1 unspecified atom stereocenters.